The van der Waals surface area contributed by atoms with Gasteiger partial charge < -0.3 is 10.6 Å². The summed E-state index contributed by atoms with van der Waals surface area (Å²) in [6, 6.07) is 12.5. The second-order valence-corrected chi connectivity index (χ2v) is 8.81. The predicted octanol–water partition coefficient (Wildman–Crippen LogP) is 4.29. The molecule has 35 heavy (non-hydrogen) atoms. The highest BCUT2D eigenvalue weighted by Crippen LogP contribution is 2.34. The number of hydrogen-bond donors (Lipinski definition) is 2. The molecule has 2 N–H and O–H groups in total. The van der Waals surface area contributed by atoms with E-state index in [0.29, 0.717) is 34.5 Å². The van der Waals surface area contributed by atoms with E-state index in [9.17, 15) is 19.2 Å². The minimum Gasteiger partial charge on any atom is -0.320 e. The van der Waals surface area contributed by atoms with Gasteiger partial charge in [-0.3, -0.25) is 23.9 Å². The molecule has 4 rings (SSSR count). The Morgan fingerprint density at radius 2 is 1.51 bits per heavy atom. The maximum Gasteiger partial charge on any atom is 0.284 e. The molecule has 2 amide bonds. The van der Waals surface area contributed by atoms with E-state index in [4.69, 9.17) is 0 Å². The Bertz CT molecular complexity index is 1470. The van der Waals surface area contributed by atoms with Gasteiger partial charge >= 0.3 is 0 Å². The van der Waals surface area contributed by atoms with E-state index in [0.717, 1.165) is 33.6 Å². The van der Waals surface area contributed by atoms with Crippen LogP contribution in [0, 0.1) is 13.8 Å². The van der Waals surface area contributed by atoms with Crippen LogP contribution in [-0.2, 0) is 7.05 Å². The minimum atomic E-state index is -0.426. The monoisotopic (exact) mass is 487 g/mol. The topological polar surface area (TPSA) is 123 Å². The summed E-state index contributed by atoms with van der Waals surface area (Å²) in [5.41, 5.74) is 5.07. The van der Waals surface area contributed by atoms with Crippen LogP contribution in [-0.4, -0.2) is 39.2 Å². The van der Waals surface area contributed by atoms with Crippen LogP contribution in [0.1, 0.15) is 51.6 Å². The summed E-state index contributed by atoms with van der Waals surface area (Å²) in [6.45, 7) is 3.78. The van der Waals surface area contributed by atoms with Crippen molar-refractivity contribution in [1.82, 2.24) is 14.8 Å². The zero-order valence-corrected chi connectivity index (χ0v) is 20.0. The minimum absolute atomic E-state index is 0.139. The fraction of sp³-hybridized carbons (Fsp3) is 0.120. The van der Waals surface area contributed by atoms with Crippen molar-refractivity contribution in [2.75, 3.05) is 10.6 Å². The lowest BCUT2D eigenvalue weighted by molar-refractivity contribution is 0.101. The third-order valence-corrected chi connectivity index (χ3v) is 6.48. The van der Waals surface area contributed by atoms with Crippen LogP contribution in [0.2, 0.25) is 0 Å². The molecule has 2 aromatic carbocycles. The number of thiazole rings is 1. The Kier molecular flexibility index (Phi) is 6.65. The quantitative estimate of drug-likeness (QED) is 0.375. The standard InChI is InChI=1S/C25H21N5O4S/c1-14-18(6-4-8-20(14)27-23(33)22-10-16(12-31)30(3)29-22)19-7-5-9-21(15(19)2)28-24(34)25-26-11-17(13-32)35-25/h4-13H,1-3H3,(H,27,33)(H,28,34). The summed E-state index contributed by atoms with van der Waals surface area (Å²) in [5.74, 6) is -0.823. The van der Waals surface area contributed by atoms with E-state index in [1.165, 1.54) is 16.9 Å². The van der Waals surface area contributed by atoms with E-state index < -0.39 is 11.8 Å². The van der Waals surface area contributed by atoms with Crippen molar-refractivity contribution in [2.24, 2.45) is 7.05 Å². The highest BCUT2D eigenvalue weighted by atomic mass is 32.1. The lowest BCUT2D eigenvalue weighted by Crippen LogP contribution is -2.14. The molecule has 0 aliphatic rings. The lowest BCUT2D eigenvalue weighted by Gasteiger charge is -2.16. The number of carbonyl (C=O) groups excluding carboxylic acids is 4. The van der Waals surface area contributed by atoms with Crippen molar-refractivity contribution in [1.29, 1.82) is 0 Å². The Morgan fingerprint density at radius 1 is 0.914 bits per heavy atom. The molecule has 0 spiro atoms. The van der Waals surface area contributed by atoms with Gasteiger partial charge in [-0.05, 0) is 54.3 Å². The van der Waals surface area contributed by atoms with Gasteiger partial charge in [0.05, 0.1) is 4.88 Å². The van der Waals surface area contributed by atoms with Crippen molar-refractivity contribution in [3.05, 3.63) is 81.1 Å². The second-order valence-electron chi connectivity index (χ2n) is 7.75. The summed E-state index contributed by atoms with van der Waals surface area (Å²) in [6.07, 6.45) is 2.66. The van der Waals surface area contributed by atoms with Gasteiger partial charge in [0.15, 0.2) is 23.3 Å². The molecule has 10 heteroatoms. The first-order valence-corrected chi connectivity index (χ1v) is 11.4. The number of benzene rings is 2. The van der Waals surface area contributed by atoms with Gasteiger partial charge in [-0.1, -0.05) is 24.3 Å². The van der Waals surface area contributed by atoms with Crippen molar-refractivity contribution in [3.8, 4) is 11.1 Å². The Morgan fingerprint density at radius 3 is 2.03 bits per heavy atom. The van der Waals surface area contributed by atoms with Crippen LogP contribution in [0.25, 0.3) is 11.1 Å². The zero-order chi connectivity index (χ0) is 25.1. The van der Waals surface area contributed by atoms with Crippen molar-refractivity contribution in [2.45, 2.75) is 13.8 Å². The largest absolute Gasteiger partial charge is 0.320 e. The summed E-state index contributed by atoms with van der Waals surface area (Å²) in [4.78, 5) is 51.7. The average molecular weight is 488 g/mol. The number of amides is 2. The molecule has 2 aromatic heterocycles. The van der Waals surface area contributed by atoms with Crippen LogP contribution >= 0.6 is 11.3 Å². The van der Waals surface area contributed by atoms with Crippen LogP contribution < -0.4 is 10.6 Å². The third-order valence-electron chi connectivity index (χ3n) is 5.56. The van der Waals surface area contributed by atoms with Crippen LogP contribution in [0.15, 0.2) is 48.7 Å². The smallest absolute Gasteiger partial charge is 0.284 e. The first kappa shape index (κ1) is 23.7. The van der Waals surface area contributed by atoms with E-state index >= 15 is 0 Å². The van der Waals surface area contributed by atoms with Gasteiger partial charge in [0.25, 0.3) is 11.8 Å². The Balaban J connectivity index is 1.61. The van der Waals surface area contributed by atoms with Crippen molar-refractivity contribution in [3.63, 3.8) is 0 Å². The van der Waals surface area contributed by atoms with E-state index in [1.807, 2.05) is 38.1 Å². The highest BCUT2D eigenvalue weighted by Gasteiger charge is 2.17. The first-order chi connectivity index (χ1) is 16.8. The third kappa shape index (κ3) is 4.78. The number of aryl methyl sites for hydroxylation is 1. The summed E-state index contributed by atoms with van der Waals surface area (Å²) >= 11 is 1.02. The van der Waals surface area contributed by atoms with Gasteiger partial charge in [-0.25, -0.2) is 4.98 Å². The number of rotatable bonds is 7. The summed E-state index contributed by atoms with van der Waals surface area (Å²) in [5, 5.41) is 10.0. The molecule has 0 aliphatic carbocycles. The van der Waals surface area contributed by atoms with Gasteiger partial charge in [-0.2, -0.15) is 5.10 Å². The summed E-state index contributed by atoms with van der Waals surface area (Å²) in [7, 11) is 1.59. The molecular weight excluding hydrogens is 466 g/mol. The Labute approximate surface area is 204 Å². The van der Waals surface area contributed by atoms with Crippen LogP contribution in [0.5, 0.6) is 0 Å². The molecule has 0 atom stereocenters. The van der Waals surface area contributed by atoms with Gasteiger partial charge in [0.2, 0.25) is 0 Å². The number of hydrogen-bond acceptors (Lipinski definition) is 7. The number of nitrogens with one attached hydrogen (secondary N) is 2. The number of aldehydes is 2. The van der Waals surface area contributed by atoms with Crippen molar-refractivity contribution >= 4 is 47.1 Å². The SMILES string of the molecule is Cc1c(NC(=O)c2cc(C=O)n(C)n2)cccc1-c1cccc(NC(=O)c2ncc(C=O)s2)c1C. The second kappa shape index (κ2) is 9.82. The number of aromatic nitrogens is 3. The predicted molar refractivity (Wildman–Crippen MR) is 133 cm³/mol. The average Bonchev–Trinajstić information content (AvgIpc) is 3.48. The van der Waals surface area contributed by atoms with Crippen LogP contribution in [0.3, 0.4) is 0 Å². The molecule has 0 bridgehead atoms. The number of anilines is 2. The number of nitrogens with zero attached hydrogens (tertiary/aromatic N) is 3. The molecule has 2 heterocycles. The molecule has 9 nitrogen and oxygen atoms in total. The molecule has 0 radical (unpaired) electrons. The van der Waals surface area contributed by atoms with Crippen molar-refractivity contribution < 1.29 is 19.2 Å². The van der Waals surface area contributed by atoms with Crippen LogP contribution in [0.4, 0.5) is 11.4 Å². The normalized spacial score (nSPS) is 10.6. The molecule has 176 valence electrons. The maximum atomic E-state index is 12.7. The van der Waals surface area contributed by atoms with Gasteiger partial charge in [0, 0.05) is 24.6 Å². The van der Waals surface area contributed by atoms with E-state index in [1.54, 1.807) is 19.2 Å². The van der Waals surface area contributed by atoms with E-state index in [2.05, 4.69) is 20.7 Å². The molecule has 0 saturated carbocycles. The molecule has 0 aliphatic heterocycles. The Hall–Kier alpha value is -4.44. The molecule has 0 fully saturated rings. The molecular formula is C25H21N5O4S. The van der Waals surface area contributed by atoms with Gasteiger partial charge in [0.1, 0.15) is 5.69 Å². The number of carbonyl (C=O) groups is 4. The lowest BCUT2D eigenvalue weighted by atomic mass is 9.94. The molecule has 0 unspecified atom stereocenters. The molecule has 0 saturated heterocycles. The fourth-order valence-electron chi connectivity index (χ4n) is 3.64. The zero-order valence-electron chi connectivity index (χ0n) is 19.2. The molecule has 4 aromatic rings. The van der Waals surface area contributed by atoms with E-state index in [-0.39, 0.29) is 10.7 Å². The summed E-state index contributed by atoms with van der Waals surface area (Å²) < 4.78 is 1.35. The van der Waals surface area contributed by atoms with Gasteiger partial charge in [-0.15, -0.1) is 11.3 Å². The fourth-order valence-corrected chi connectivity index (χ4v) is 4.26. The highest BCUT2D eigenvalue weighted by molar-refractivity contribution is 7.15. The first-order valence-electron chi connectivity index (χ1n) is 10.5. The maximum absolute atomic E-state index is 12.7.